The van der Waals surface area contributed by atoms with E-state index >= 15 is 0 Å². The topological polar surface area (TPSA) is 59.3 Å². The van der Waals surface area contributed by atoms with E-state index in [1.807, 2.05) is 6.08 Å². The van der Waals surface area contributed by atoms with Crippen molar-refractivity contribution in [2.45, 2.75) is 13.1 Å². The predicted octanol–water partition coefficient (Wildman–Crippen LogP) is 4.79. The molecule has 32 heavy (non-hydrogen) atoms. The Morgan fingerprint density at radius 3 is 2.34 bits per heavy atom. The molecule has 0 aliphatic carbocycles. The van der Waals surface area contributed by atoms with E-state index < -0.39 is 0 Å². The van der Waals surface area contributed by atoms with Crippen LogP contribution in [-0.2, 0) is 0 Å². The average molecular weight is 416 g/mol. The van der Waals surface area contributed by atoms with Gasteiger partial charge in [0.25, 0.3) is 0 Å². The van der Waals surface area contributed by atoms with Crippen LogP contribution in [0.3, 0.4) is 0 Å². The van der Waals surface area contributed by atoms with Crippen molar-refractivity contribution in [2.75, 3.05) is 16.3 Å². The number of allylic oxidation sites excluding steroid dienone is 4. The average Bonchev–Trinajstić information content (AvgIpc) is 3.19. The van der Waals surface area contributed by atoms with Crippen molar-refractivity contribution in [1.29, 1.82) is 5.26 Å². The van der Waals surface area contributed by atoms with E-state index in [9.17, 15) is 0 Å². The molecule has 1 aromatic heterocycles. The Balaban J connectivity index is 1.45. The van der Waals surface area contributed by atoms with Crippen molar-refractivity contribution in [2.24, 2.45) is 0 Å². The van der Waals surface area contributed by atoms with Gasteiger partial charge in [0.1, 0.15) is 12.2 Å². The first-order valence-electron chi connectivity index (χ1n) is 10.6. The van der Waals surface area contributed by atoms with Crippen LogP contribution in [0.1, 0.15) is 18.3 Å². The van der Waals surface area contributed by atoms with Crippen molar-refractivity contribution in [3.63, 3.8) is 0 Å². The number of nitrogens with zero attached hydrogens (tertiary/aromatic N) is 6. The van der Waals surface area contributed by atoms with Crippen molar-refractivity contribution >= 4 is 22.6 Å². The van der Waals surface area contributed by atoms with Gasteiger partial charge in [-0.25, -0.2) is 9.97 Å². The Hall–Kier alpha value is -4.37. The molecule has 4 heterocycles. The lowest BCUT2D eigenvalue weighted by Crippen LogP contribution is -2.51. The first kappa shape index (κ1) is 18.4. The third kappa shape index (κ3) is 2.72. The lowest BCUT2D eigenvalue weighted by molar-refractivity contribution is 0.395. The van der Waals surface area contributed by atoms with Gasteiger partial charge in [0, 0.05) is 35.6 Å². The smallest absolute Gasteiger partial charge is 0.159 e. The minimum atomic E-state index is 0.157. The van der Waals surface area contributed by atoms with Crippen molar-refractivity contribution < 1.29 is 0 Å². The van der Waals surface area contributed by atoms with Crippen LogP contribution in [0.2, 0.25) is 0 Å². The quantitative estimate of drug-likeness (QED) is 0.599. The number of para-hydroxylation sites is 3. The molecule has 0 saturated carbocycles. The maximum Gasteiger partial charge on any atom is 0.159 e. The summed E-state index contributed by atoms with van der Waals surface area (Å²) in [5.41, 5.74) is 7.33. The van der Waals surface area contributed by atoms with Gasteiger partial charge < -0.3 is 14.7 Å². The lowest BCUT2D eigenvalue weighted by Gasteiger charge is -2.43. The standard InChI is InChI=1S/C26H20N6/c1-18-24-13-20(26-28-15-19(14-27)16-29-26)11-12-30(24)17-25-31(18)22-9-5-6-10-23(22)32(25)21-7-3-2-4-8-21/h2-13,15-16,25H,17H2,1H3/t25-/m1/s1. The van der Waals surface area contributed by atoms with Crippen molar-refractivity contribution in [3.05, 3.63) is 108 Å². The zero-order valence-electron chi connectivity index (χ0n) is 17.6. The molecule has 2 aromatic carbocycles. The van der Waals surface area contributed by atoms with Gasteiger partial charge in [-0.1, -0.05) is 30.3 Å². The molecule has 6 rings (SSSR count). The molecule has 1 atom stereocenters. The van der Waals surface area contributed by atoms with Crippen LogP contribution in [0, 0.1) is 11.3 Å². The van der Waals surface area contributed by atoms with Gasteiger partial charge in [0.05, 0.1) is 29.2 Å². The Morgan fingerprint density at radius 2 is 1.62 bits per heavy atom. The van der Waals surface area contributed by atoms with Gasteiger partial charge in [-0.2, -0.15) is 5.26 Å². The number of anilines is 3. The molecule has 0 amide bonds. The monoisotopic (exact) mass is 416 g/mol. The van der Waals surface area contributed by atoms with E-state index in [4.69, 9.17) is 5.26 Å². The molecule has 0 N–H and O–H groups in total. The summed E-state index contributed by atoms with van der Waals surface area (Å²) in [6.07, 6.45) is 9.58. The Kier molecular flexibility index (Phi) is 4.08. The van der Waals surface area contributed by atoms with E-state index in [2.05, 4.69) is 105 Å². The van der Waals surface area contributed by atoms with E-state index in [0.29, 0.717) is 11.4 Å². The second-order valence-corrected chi connectivity index (χ2v) is 7.99. The maximum atomic E-state index is 9.02. The van der Waals surface area contributed by atoms with E-state index in [1.54, 1.807) is 12.4 Å². The fourth-order valence-electron chi connectivity index (χ4n) is 4.75. The van der Waals surface area contributed by atoms with Gasteiger partial charge >= 0.3 is 0 Å². The Bertz CT molecular complexity index is 1330. The highest BCUT2D eigenvalue weighted by Crippen LogP contribution is 2.48. The second kappa shape index (κ2) is 7.10. The zero-order chi connectivity index (χ0) is 21.7. The molecular weight excluding hydrogens is 396 g/mol. The summed E-state index contributed by atoms with van der Waals surface area (Å²) >= 11 is 0. The third-order valence-corrected chi connectivity index (χ3v) is 6.20. The molecule has 6 heteroatoms. The molecule has 0 fully saturated rings. The van der Waals surface area contributed by atoms with Gasteiger partial charge in [0.15, 0.2) is 5.82 Å². The van der Waals surface area contributed by atoms with Crippen LogP contribution in [0.5, 0.6) is 0 Å². The Labute approximate surface area is 186 Å². The van der Waals surface area contributed by atoms with Crippen LogP contribution < -0.4 is 9.80 Å². The number of hydrogen-bond acceptors (Lipinski definition) is 6. The minimum absolute atomic E-state index is 0.157. The fraction of sp³-hybridized carbons (Fsp3) is 0.115. The SMILES string of the molecule is CC1=C2C=C(c3ncc(C#N)cn3)C=CN2C[C@@H]2N1c1ccccc1N2c1ccccc1. The number of benzene rings is 2. The highest BCUT2D eigenvalue weighted by molar-refractivity contribution is 5.86. The largest absolute Gasteiger partial charge is 0.343 e. The molecule has 0 saturated heterocycles. The minimum Gasteiger partial charge on any atom is -0.343 e. The molecule has 3 aliphatic rings. The van der Waals surface area contributed by atoms with Crippen molar-refractivity contribution in [1.82, 2.24) is 14.9 Å². The summed E-state index contributed by atoms with van der Waals surface area (Å²) in [5, 5.41) is 9.02. The highest BCUT2D eigenvalue weighted by Gasteiger charge is 2.42. The number of rotatable bonds is 2. The number of hydrogen-bond donors (Lipinski definition) is 0. The summed E-state index contributed by atoms with van der Waals surface area (Å²) in [6, 6.07) is 21.2. The molecule has 0 unspecified atom stereocenters. The molecule has 154 valence electrons. The normalized spacial score (nSPS) is 18.7. The first-order valence-corrected chi connectivity index (χ1v) is 10.6. The molecule has 3 aromatic rings. The second-order valence-electron chi connectivity index (χ2n) is 7.99. The number of nitriles is 1. The Morgan fingerprint density at radius 1 is 0.938 bits per heavy atom. The number of aromatic nitrogens is 2. The summed E-state index contributed by atoms with van der Waals surface area (Å²) < 4.78 is 0. The van der Waals surface area contributed by atoms with Crippen LogP contribution >= 0.6 is 0 Å². The fourth-order valence-corrected chi connectivity index (χ4v) is 4.75. The van der Waals surface area contributed by atoms with Gasteiger partial charge in [-0.05, 0) is 43.3 Å². The van der Waals surface area contributed by atoms with Crippen molar-refractivity contribution in [3.8, 4) is 6.07 Å². The van der Waals surface area contributed by atoms with Crippen LogP contribution in [0.4, 0.5) is 17.1 Å². The van der Waals surface area contributed by atoms with Crippen LogP contribution in [0.15, 0.2) is 96.7 Å². The van der Waals surface area contributed by atoms with Crippen LogP contribution in [0.25, 0.3) is 5.57 Å². The van der Waals surface area contributed by atoms with Gasteiger partial charge in [0.2, 0.25) is 0 Å². The van der Waals surface area contributed by atoms with E-state index in [0.717, 1.165) is 17.8 Å². The van der Waals surface area contributed by atoms with Gasteiger partial charge in [-0.3, -0.25) is 0 Å². The molecule has 3 aliphatic heterocycles. The maximum absolute atomic E-state index is 9.02. The number of fused-ring (bicyclic) bond motifs is 4. The summed E-state index contributed by atoms with van der Waals surface area (Å²) in [5.74, 6) is 0.620. The van der Waals surface area contributed by atoms with Gasteiger partial charge in [-0.15, -0.1) is 0 Å². The summed E-state index contributed by atoms with van der Waals surface area (Å²) in [7, 11) is 0. The highest BCUT2D eigenvalue weighted by atomic mass is 15.5. The summed E-state index contributed by atoms with van der Waals surface area (Å²) in [6.45, 7) is 3.00. The van der Waals surface area contributed by atoms with Crippen LogP contribution in [-0.4, -0.2) is 27.6 Å². The predicted molar refractivity (Wildman–Crippen MR) is 125 cm³/mol. The summed E-state index contributed by atoms with van der Waals surface area (Å²) in [4.78, 5) is 15.9. The molecule has 0 bridgehead atoms. The first-order chi connectivity index (χ1) is 15.7. The zero-order valence-corrected chi connectivity index (χ0v) is 17.6. The third-order valence-electron chi connectivity index (χ3n) is 6.20. The lowest BCUT2D eigenvalue weighted by atomic mass is 10.1. The van der Waals surface area contributed by atoms with E-state index in [-0.39, 0.29) is 6.17 Å². The molecule has 0 radical (unpaired) electrons. The molecular formula is C26H20N6. The van der Waals surface area contributed by atoms with E-state index in [1.165, 1.54) is 22.8 Å². The molecule has 6 nitrogen and oxygen atoms in total. The molecule has 0 spiro atoms.